The van der Waals surface area contributed by atoms with E-state index in [1.54, 1.807) is 30.2 Å². The summed E-state index contributed by atoms with van der Waals surface area (Å²) in [5.74, 6) is 0.695. The molecule has 0 atom stereocenters. The highest BCUT2D eigenvalue weighted by Crippen LogP contribution is 2.33. The Hall–Kier alpha value is -3.02. The van der Waals surface area contributed by atoms with E-state index in [-0.39, 0.29) is 11.9 Å². The normalized spacial score (nSPS) is 14.1. The van der Waals surface area contributed by atoms with Crippen LogP contribution in [0.5, 0.6) is 5.75 Å². The van der Waals surface area contributed by atoms with Gasteiger partial charge < -0.3 is 20.3 Å². The topological polar surface area (TPSA) is 70.7 Å². The van der Waals surface area contributed by atoms with Gasteiger partial charge >= 0.3 is 6.03 Å². The molecule has 3 amide bonds. The molecule has 2 aromatic carbocycles. The van der Waals surface area contributed by atoms with Crippen molar-refractivity contribution in [3.8, 4) is 5.75 Å². The molecule has 136 valence electrons. The number of hydrogen-bond donors (Lipinski definition) is 2. The highest BCUT2D eigenvalue weighted by atomic mass is 16.5. The number of urea groups is 1. The first-order valence-corrected chi connectivity index (χ1v) is 8.70. The van der Waals surface area contributed by atoms with Gasteiger partial charge in [-0.05, 0) is 55.7 Å². The summed E-state index contributed by atoms with van der Waals surface area (Å²) in [7, 11) is 1.57. The molecule has 6 heteroatoms. The van der Waals surface area contributed by atoms with Crippen molar-refractivity contribution in [3.63, 3.8) is 0 Å². The molecule has 0 spiro atoms. The molecule has 1 fully saturated rings. The van der Waals surface area contributed by atoms with Gasteiger partial charge in [-0.3, -0.25) is 4.79 Å². The number of ether oxygens (including phenoxy) is 1. The smallest absolute Gasteiger partial charge is 0.323 e. The SMILES string of the molecule is COc1ccc(NC(=O)Nc2cccc(C)c2)cc1N1CCCCC1=O. The monoisotopic (exact) mass is 353 g/mol. The molecule has 0 saturated carbocycles. The Bertz CT molecular complexity index is 820. The quantitative estimate of drug-likeness (QED) is 0.867. The second-order valence-corrected chi connectivity index (χ2v) is 6.34. The van der Waals surface area contributed by atoms with Crippen LogP contribution in [0.1, 0.15) is 24.8 Å². The zero-order chi connectivity index (χ0) is 18.5. The first kappa shape index (κ1) is 17.8. The molecule has 1 heterocycles. The van der Waals surface area contributed by atoms with Crippen molar-refractivity contribution in [2.75, 3.05) is 29.2 Å². The number of rotatable bonds is 4. The molecule has 2 N–H and O–H groups in total. The minimum absolute atomic E-state index is 0.0795. The summed E-state index contributed by atoms with van der Waals surface area (Å²) in [6, 6.07) is 12.5. The maximum atomic E-state index is 12.3. The zero-order valence-corrected chi connectivity index (χ0v) is 15.0. The van der Waals surface area contributed by atoms with Crippen molar-refractivity contribution in [1.82, 2.24) is 0 Å². The maximum absolute atomic E-state index is 12.3. The number of methoxy groups -OCH3 is 1. The predicted molar refractivity (Wildman–Crippen MR) is 103 cm³/mol. The fourth-order valence-electron chi connectivity index (χ4n) is 3.06. The predicted octanol–water partition coefficient (Wildman–Crippen LogP) is 4.16. The van der Waals surface area contributed by atoms with Gasteiger partial charge in [-0.15, -0.1) is 0 Å². The van der Waals surface area contributed by atoms with E-state index in [2.05, 4.69) is 10.6 Å². The Morgan fingerprint density at radius 3 is 2.54 bits per heavy atom. The Morgan fingerprint density at radius 2 is 1.85 bits per heavy atom. The van der Waals surface area contributed by atoms with Gasteiger partial charge in [0.05, 0.1) is 12.8 Å². The van der Waals surface area contributed by atoms with Crippen molar-refractivity contribution in [2.45, 2.75) is 26.2 Å². The molecule has 0 aliphatic carbocycles. The molecule has 0 bridgehead atoms. The lowest BCUT2D eigenvalue weighted by Gasteiger charge is -2.28. The Labute approximate surface area is 153 Å². The molecule has 1 aliphatic heterocycles. The molecule has 0 aromatic heterocycles. The summed E-state index contributed by atoms with van der Waals surface area (Å²) in [6.07, 6.45) is 2.41. The van der Waals surface area contributed by atoms with E-state index >= 15 is 0 Å². The van der Waals surface area contributed by atoms with E-state index in [0.29, 0.717) is 30.1 Å². The minimum atomic E-state index is -0.336. The minimum Gasteiger partial charge on any atom is -0.495 e. The Balaban J connectivity index is 1.76. The summed E-state index contributed by atoms with van der Waals surface area (Å²) in [5, 5.41) is 5.62. The van der Waals surface area contributed by atoms with Gasteiger partial charge in [-0.25, -0.2) is 4.79 Å². The molecular formula is C20H23N3O3. The number of benzene rings is 2. The lowest BCUT2D eigenvalue weighted by Crippen LogP contribution is -2.35. The number of carbonyl (C=O) groups is 2. The average molecular weight is 353 g/mol. The Kier molecular flexibility index (Phi) is 5.41. The number of piperidine rings is 1. The van der Waals surface area contributed by atoms with E-state index in [1.807, 2.05) is 31.2 Å². The number of carbonyl (C=O) groups excluding carboxylic acids is 2. The number of amides is 3. The second kappa shape index (κ2) is 7.91. The summed E-state index contributed by atoms with van der Waals surface area (Å²) in [4.78, 5) is 26.2. The van der Waals surface area contributed by atoms with Gasteiger partial charge in [-0.1, -0.05) is 12.1 Å². The molecule has 2 aromatic rings. The molecule has 0 unspecified atom stereocenters. The summed E-state index contributed by atoms with van der Waals surface area (Å²) < 4.78 is 5.39. The number of aryl methyl sites for hydroxylation is 1. The molecule has 1 aliphatic rings. The van der Waals surface area contributed by atoms with Crippen LogP contribution in [0.25, 0.3) is 0 Å². The van der Waals surface area contributed by atoms with Crippen LogP contribution in [0.15, 0.2) is 42.5 Å². The molecule has 0 radical (unpaired) electrons. The number of hydrogen-bond acceptors (Lipinski definition) is 3. The van der Waals surface area contributed by atoms with Gasteiger partial charge in [0.1, 0.15) is 5.75 Å². The van der Waals surface area contributed by atoms with Gasteiger partial charge in [0, 0.05) is 24.3 Å². The van der Waals surface area contributed by atoms with Crippen LogP contribution in [0, 0.1) is 6.92 Å². The van der Waals surface area contributed by atoms with Crippen LogP contribution < -0.4 is 20.3 Å². The zero-order valence-electron chi connectivity index (χ0n) is 15.0. The van der Waals surface area contributed by atoms with E-state index in [4.69, 9.17) is 4.74 Å². The number of anilines is 3. The lowest BCUT2D eigenvalue weighted by molar-refractivity contribution is -0.119. The van der Waals surface area contributed by atoms with Gasteiger partial charge in [0.15, 0.2) is 0 Å². The van der Waals surface area contributed by atoms with Crippen molar-refractivity contribution >= 4 is 29.0 Å². The van der Waals surface area contributed by atoms with E-state index in [9.17, 15) is 9.59 Å². The van der Waals surface area contributed by atoms with Crippen molar-refractivity contribution in [3.05, 3.63) is 48.0 Å². The standard InChI is InChI=1S/C20H23N3O3/c1-14-6-5-7-15(12-14)21-20(25)22-16-9-10-18(26-2)17(13-16)23-11-4-3-8-19(23)24/h5-7,9-10,12-13H,3-4,8,11H2,1-2H3,(H2,21,22,25). The van der Waals surface area contributed by atoms with Crippen LogP contribution in [-0.2, 0) is 4.79 Å². The second-order valence-electron chi connectivity index (χ2n) is 6.34. The Morgan fingerprint density at radius 1 is 1.08 bits per heavy atom. The van der Waals surface area contributed by atoms with Gasteiger partial charge in [0.2, 0.25) is 5.91 Å². The van der Waals surface area contributed by atoms with Crippen molar-refractivity contribution < 1.29 is 14.3 Å². The van der Waals surface area contributed by atoms with Crippen LogP contribution in [0.3, 0.4) is 0 Å². The molecule has 1 saturated heterocycles. The third kappa shape index (κ3) is 4.14. The van der Waals surface area contributed by atoms with Crippen LogP contribution >= 0.6 is 0 Å². The largest absolute Gasteiger partial charge is 0.495 e. The fourth-order valence-corrected chi connectivity index (χ4v) is 3.06. The summed E-state index contributed by atoms with van der Waals surface area (Å²) in [6.45, 7) is 2.63. The molecular weight excluding hydrogens is 330 g/mol. The highest BCUT2D eigenvalue weighted by molar-refractivity contribution is 6.01. The first-order chi connectivity index (χ1) is 12.6. The van der Waals surface area contributed by atoms with Crippen molar-refractivity contribution in [2.24, 2.45) is 0 Å². The van der Waals surface area contributed by atoms with Gasteiger partial charge in [-0.2, -0.15) is 0 Å². The third-order valence-electron chi connectivity index (χ3n) is 4.33. The maximum Gasteiger partial charge on any atom is 0.323 e. The molecule has 26 heavy (non-hydrogen) atoms. The lowest BCUT2D eigenvalue weighted by atomic mass is 10.1. The van der Waals surface area contributed by atoms with Crippen LogP contribution in [0.4, 0.5) is 21.9 Å². The average Bonchev–Trinajstić information content (AvgIpc) is 2.62. The number of nitrogens with one attached hydrogen (secondary N) is 2. The first-order valence-electron chi connectivity index (χ1n) is 8.70. The summed E-state index contributed by atoms with van der Waals surface area (Å²) in [5.41, 5.74) is 3.08. The van der Waals surface area contributed by atoms with Crippen LogP contribution in [-0.4, -0.2) is 25.6 Å². The summed E-state index contributed by atoms with van der Waals surface area (Å²) >= 11 is 0. The third-order valence-corrected chi connectivity index (χ3v) is 4.33. The molecule has 6 nitrogen and oxygen atoms in total. The van der Waals surface area contributed by atoms with E-state index in [1.165, 1.54) is 0 Å². The van der Waals surface area contributed by atoms with E-state index < -0.39 is 0 Å². The van der Waals surface area contributed by atoms with Crippen LogP contribution in [0.2, 0.25) is 0 Å². The van der Waals surface area contributed by atoms with E-state index in [0.717, 1.165) is 24.1 Å². The van der Waals surface area contributed by atoms with Gasteiger partial charge in [0.25, 0.3) is 0 Å². The van der Waals surface area contributed by atoms with Crippen molar-refractivity contribution in [1.29, 1.82) is 0 Å². The molecule has 3 rings (SSSR count). The highest BCUT2D eigenvalue weighted by Gasteiger charge is 2.23. The fraction of sp³-hybridized carbons (Fsp3) is 0.300. The number of nitrogens with zero attached hydrogens (tertiary/aromatic N) is 1.